The molecule has 0 spiro atoms. The lowest BCUT2D eigenvalue weighted by molar-refractivity contribution is 0.102. The number of nitrogens with one attached hydrogen (secondary N) is 2. The van der Waals surface area contributed by atoms with Crippen LogP contribution in [0.1, 0.15) is 21.5 Å². The van der Waals surface area contributed by atoms with E-state index in [0.717, 1.165) is 19.5 Å². The second kappa shape index (κ2) is 5.56. The van der Waals surface area contributed by atoms with Crippen molar-refractivity contribution in [2.45, 2.75) is 13.0 Å². The van der Waals surface area contributed by atoms with Gasteiger partial charge in [0.05, 0.1) is 0 Å². The maximum Gasteiger partial charge on any atom is 0.256 e. The van der Waals surface area contributed by atoms with E-state index >= 15 is 0 Å². The number of rotatable bonds is 2. The van der Waals surface area contributed by atoms with Crippen molar-refractivity contribution in [3.63, 3.8) is 0 Å². The van der Waals surface area contributed by atoms with Gasteiger partial charge in [0.2, 0.25) is 5.28 Å². The molecular weight excluding hydrogens is 276 g/mol. The molecule has 2 aromatic rings. The Kier molecular flexibility index (Phi) is 3.62. The highest BCUT2D eigenvalue weighted by Crippen LogP contribution is 2.17. The van der Waals surface area contributed by atoms with Gasteiger partial charge in [-0.1, -0.05) is 6.07 Å². The number of amides is 1. The maximum atomic E-state index is 12.2. The number of nitrogens with zero attached hydrogens (tertiary/aromatic N) is 2. The van der Waals surface area contributed by atoms with Crippen molar-refractivity contribution in [2.24, 2.45) is 0 Å². The van der Waals surface area contributed by atoms with E-state index in [4.69, 9.17) is 11.6 Å². The first-order valence-corrected chi connectivity index (χ1v) is 6.72. The van der Waals surface area contributed by atoms with Crippen LogP contribution < -0.4 is 10.6 Å². The summed E-state index contributed by atoms with van der Waals surface area (Å²) in [6, 6.07) is 7.36. The van der Waals surface area contributed by atoms with E-state index in [1.807, 2.05) is 18.2 Å². The summed E-state index contributed by atoms with van der Waals surface area (Å²) in [5.41, 5.74) is 3.08. The van der Waals surface area contributed by atoms with Crippen LogP contribution in [0.3, 0.4) is 0 Å². The molecule has 0 radical (unpaired) electrons. The fraction of sp³-hybridized carbons (Fsp3) is 0.214. The highest BCUT2D eigenvalue weighted by Gasteiger charge is 2.13. The molecule has 0 aliphatic carbocycles. The maximum absolute atomic E-state index is 12.2. The monoisotopic (exact) mass is 288 g/mol. The van der Waals surface area contributed by atoms with Crippen molar-refractivity contribution in [3.8, 4) is 0 Å². The molecule has 0 saturated carbocycles. The fourth-order valence-corrected chi connectivity index (χ4v) is 2.36. The average Bonchev–Trinajstić information content (AvgIpc) is 2.47. The third kappa shape index (κ3) is 2.79. The zero-order chi connectivity index (χ0) is 13.9. The van der Waals surface area contributed by atoms with E-state index in [1.54, 1.807) is 6.07 Å². The minimum absolute atomic E-state index is 0.109. The van der Waals surface area contributed by atoms with Gasteiger partial charge in [-0.3, -0.25) is 4.79 Å². The van der Waals surface area contributed by atoms with Crippen molar-refractivity contribution in [3.05, 3.63) is 52.4 Å². The lowest BCUT2D eigenvalue weighted by Gasteiger charge is -2.17. The third-order valence-electron chi connectivity index (χ3n) is 3.22. The first-order valence-electron chi connectivity index (χ1n) is 6.35. The summed E-state index contributed by atoms with van der Waals surface area (Å²) in [5, 5.41) is 6.11. The molecule has 1 aromatic carbocycles. The molecule has 0 bridgehead atoms. The van der Waals surface area contributed by atoms with Gasteiger partial charge in [0, 0.05) is 18.3 Å². The van der Waals surface area contributed by atoms with Crippen LogP contribution in [-0.2, 0) is 13.0 Å². The van der Waals surface area contributed by atoms with Crippen molar-refractivity contribution in [2.75, 3.05) is 11.9 Å². The van der Waals surface area contributed by atoms with Gasteiger partial charge < -0.3 is 10.6 Å². The van der Waals surface area contributed by atoms with Crippen molar-refractivity contribution < 1.29 is 4.79 Å². The van der Waals surface area contributed by atoms with Crippen LogP contribution in [-0.4, -0.2) is 22.4 Å². The third-order valence-corrected chi connectivity index (χ3v) is 3.40. The lowest BCUT2D eigenvalue weighted by atomic mass is 9.98. The van der Waals surface area contributed by atoms with Crippen LogP contribution in [0.5, 0.6) is 0 Å². The Balaban J connectivity index is 1.80. The average molecular weight is 289 g/mol. The van der Waals surface area contributed by atoms with Crippen molar-refractivity contribution in [1.82, 2.24) is 15.3 Å². The first-order chi connectivity index (χ1) is 9.72. The molecule has 0 fully saturated rings. The minimum Gasteiger partial charge on any atom is -0.312 e. The summed E-state index contributed by atoms with van der Waals surface area (Å²) in [6.45, 7) is 1.79. The summed E-state index contributed by atoms with van der Waals surface area (Å²) in [4.78, 5) is 19.9. The van der Waals surface area contributed by atoms with Crippen molar-refractivity contribution in [1.29, 1.82) is 0 Å². The SMILES string of the molecule is O=C(Nc1ccnc(Cl)n1)c1ccc2c(c1)CNCC2. The molecule has 1 aliphatic heterocycles. The van der Waals surface area contributed by atoms with Gasteiger partial charge in [0.1, 0.15) is 5.82 Å². The number of hydrogen-bond donors (Lipinski definition) is 2. The lowest BCUT2D eigenvalue weighted by Crippen LogP contribution is -2.24. The molecule has 6 heteroatoms. The van der Waals surface area contributed by atoms with Gasteiger partial charge in [-0.2, -0.15) is 0 Å². The van der Waals surface area contributed by atoms with E-state index in [-0.39, 0.29) is 11.2 Å². The number of halogens is 1. The molecule has 2 N–H and O–H groups in total. The van der Waals surface area contributed by atoms with Crippen LogP contribution in [0.15, 0.2) is 30.5 Å². The quantitative estimate of drug-likeness (QED) is 0.830. The molecule has 5 nitrogen and oxygen atoms in total. The molecule has 2 heterocycles. The van der Waals surface area contributed by atoms with E-state index in [9.17, 15) is 4.79 Å². The van der Waals surface area contributed by atoms with Gasteiger partial charge in [0.15, 0.2) is 0 Å². The van der Waals surface area contributed by atoms with Gasteiger partial charge in [-0.15, -0.1) is 0 Å². The van der Waals surface area contributed by atoms with Gasteiger partial charge >= 0.3 is 0 Å². The van der Waals surface area contributed by atoms with Crippen LogP contribution in [0.4, 0.5) is 5.82 Å². The normalized spacial score (nSPS) is 13.7. The molecule has 1 aliphatic rings. The standard InChI is InChI=1S/C14H13ClN4O/c15-14-17-6-4-12(19-14)18-13(20)10-2-1-9-3-5-16-8-11(9)7-10/h1-2,4,6-7,16H,3,5,8H2,(H,17,18,19,20). The number of carbonyl (C=O) groups is 1. The Morgan fingerprint density at radius 1 is 1.30 bits per heavy atom. The highest BCUT2D eigenvalue weighted by molar-refractivity contribution is 6.28. The van der Waals surface area contributed by atoms with E-state index < -0.39 is 0 Å². The zero-order valence-corrected chi connectivity index (χ0v) is 11.4. The minimum atomic E-state index is -0.201. The summed E-state index contributed by atoms with van der Waals surface area (Å²) < 4.78 is 0. The largest absolute Gasteiger partial charge is 0.312 e. The second-order valence-corrected chi connectivity index (χ2v) is 4.91. The Labute approximate surface area is 121 Å². The van der Waals surface area contributed by atoms with Crippen molar-refractivity contribution >= 4 is 23.3 Å². The van der Waals surface area contributed by atoms with Gasteiger partial charge in [0.25, 0.3) is 5.91 Å². The molecule has 0 atom stereocenters. The number of fused-ring (bicyclic) bond motifs is 1. The van der Waals surface area contributed by atoms with E-state index in [1.165, 1.54) is 17.3 Å². The van der Waals surface area contributed by atoms with Gasteiger partial charge in [-0.05, 0) is 53.9 Å². The number of benzene rings is 1. The molecule has 1 amide bonds. The summed E-state index contributed by atoms with van der Waals surface area (Å²) in [6.07, 6.45) is 2.50. The Morgan fingerprint density at radius 2 is 2.20 bits per heavy atom. The number of aromatic nitrogens is 2. The number of hydrogen-bond acceptors (Lipinski definition) is 4. The highest BCUT2D eigenvalue weighted by atomic mass is 35.5. The smallest absolute Gasteiger partial charge is 0.256 e. The Bertz CT molecular complexity index is 659. The summed E-state index contributed by atoms with van der Waals surface area (Å²) in [7, 11) is 0. The van der Waals surface area contributed by atoms with Crippen LogP contribution >= 0.6 is 11.6 Å². The molecule has 0 saturated heterocycles. The Hall–Kier alpha value is -1.98. The zero-order valence-electron chi connectivity index (χ0n) is 10.7. The number of carbonyl (C=O) groups excluding carboxylic acids is 1. The topological polar surface area (TPSA) is 66.9 Å². The molecular formula is C14H13ClN4O. The van der Waals surface area contributed by atoms with Gasteiger partial charge in [-0.25, -0.2) is 9.97 Å². The van der Waals surface area contributed by atoms with E-state index in [2.05, 4.69) is 20.6 Å². The fourth-order valence-electron chi connectivity index (χ4n) is 2.21. The number of anilines is 1. The first kappa shape index (κ1) is 13.0. The summed E-state index contributed by atoms with van der Waals surface area (Å²) in [5.74, 6) is 0.194. The Morgan fingerprint density at radius 3 is 3.05 bits per heavy atom. The molecule has 102 valence electrons. The van der Waals surface area contributed by atoms with Crippen LogP contribution in [0.2, 0.25) is 5.28 Å². The van der Waals surface area contributed by atoms with Crippen LogP contribution in [0, 0.1) is 0 Å². The predicted octanol–water partition coefficient (Wildman–Crippen LogP) is 2.03. The second-order valence-electron chi connectivity index (χ2n) is 4.58. The summed E-state index contributed by atoms with van der Waals surface area (Å²) >= 11 is 5.69. The molecule has 20 heavy (non-hydrogen) atoms. The van der Waals surface area contributed by atoms with Crippen LogP contribution in [0.25, 0.3) is 0 Å². The molecule has 3 rings (SSSR count). The molecule has 0 unspecified atom stereocenters. The van der Waals surface area contributed by atoms with E-state index in [0.29, 0.717) is 11.4 Å². The predicted molar refractivity (Wildman–Crippen MR) is 76.8 cm³/mol. The molecule has 1 aromatic heterocycles.